The number of rotatable bonds is 4. The van der Waals surface area contributed by atoms with E-state index in [4.69, 9.17) is 5.73 Å². The third-order valence-electron chi connectivity index (χ3n) is 4.46. The summed E-state index contributed by atoms with van der Waals surface area (Å²) in [6.07, 6.45) is -8.53. The highest BCUT2D eigenvalue weighted by atomic mass is 19.4. The van der Waals surface area contributed by atoms with Gasteiger partial charge in [-0.2, -0.15) is 26.3 Å². The summed E-state index contributed by atoms with van der Waals surface area (Å²) in [5.41, 5.74) is 0.907. The molecule has 162 valence electrons. The van der Waals surface area contributed by atoms with Gasteiger partial charge in [0.2, 0.25) is 0 Å². The maximum Gasteiger partial charge on any atom is 0.418 e. The number of halogens is 6. The fraction of sp³-hybridized carbons (Fsp3) is 0.150. The molecule has 1 aromatic carbocycles. The van der Waals surface area contributed by atoms with Crippen LogP contribution in [0.2, 0.25) is 0 Å². The number of nitrogens with zero attached hydrogens (tertiary/aromatic N) is 2. The van der Waals surface area contributed by atoms with E-state index in [1.165, 1.54) is 6.07 Å². The predicted molar refractivity (Wildman–Crippen MR) is 97.1 cm³/mol. The number of nitrogens with two attached hydrogens (primary N) is 1. The maximum atomic E-state index is 13.7. The van der Waals surface area contributed by atoms with Gasteiger partial charge >= 0.3 is 12.4 Å². The number of hydrogen-bond acceptors (Lipinski definition) is 3. The van der Waals surface area contributed by atoms with Crippen LogP contribution in [-0.4, -0.2) is 15.5 Å². The number of amides is 1. The lowest BCUT2D eigenvalue weighted by molar-refractivity contribution is -0.139. The highest BCUT2D eigenvalue weighted by Crippen LogP contribution is 2.38. The molecule has 5 nitrogen and oxygen atoms in total. The molecule has 1 atom stereocenters. The van der Waals surface area contributed by atoms with Crippen LogP contribution in [-0.2, 0) is 12.4 Å². The zero-order valence-corrected chi connectivity index (χ0v) is 15.4. The van der Waals surface area contributed by atoms with Gasteiger partial charge in [0.1, 0.15) is 11.7 Å². The van der Waals surface area contributed by atoms with E-state index in [0.29, 0.717) is 16.7 Å². The molecular weight excluding hydrogens is 428 g/mol. The largest absolute Gasteiger partial charge is 0.418 e. The molecule has 2 N–H and O–H groups in total. The van der Waals surface area contributed by atoms with Crippen molar-refractivity contribution in [1.82, 2.24) is 9.55 Å². The first kappa shape index (κ1) is 22.1. The first-order chi connectivity index (χ1) is 14.4. The Morgan fingerprint density at radius 2 is 1.55 bits per heavy atom. The molecule has 0 saturated heterocycles. The molecule has 0 aliphatic rings. The van der Waals surface area contributed by atoms with Crippen molar-refractivity contribution in [3.8, 4) is 0 Å². The molecule has 0 bridgehead atoms. The molecule has 0 spiro atoms. The van der Waals surface area contributed by atoms with Crippen LogP contribution < -0.4 is 11.3 Å². The standard InChI is InChI=1S/C20H13F6N3O2/c21-19(22,23)12-8-6-11(7-9-12)17(16-13(20(24,25)26)3-2-10-28-16)29-14(18(27)31)4-1-5-15(29)30/h1-10,17H,(H2,27,31)/t17-/m0/s1. The van der Waals surface area contributed by atoms with Crippen LogP contribution in [0.25, 0.3) is 0 Å². The highest BCUT2D eigenvalue weighted by molar-refractivity contribution is 5.91. The van der Waals surface area contributed by atoms with E-state index in [1.54, 1.807) is 0 Å². The summed E-state index contributed by atoms with van der Waals surface area (Å²) in [4.78, 5) is 28.2. The van der Waals surface area contributed by atoms with Crippen LogP contribution in [0.15, 0.2) is 65.6 Å². The van der Waals surface area contributed by atoms with Crippen molar-refractivity contribution < 1.29 is 31.1 Å². The van der Waals surface area contributed by atoms with Gasteiger partial charge in [-0.25, -0.2) is 0 Å². The third-order valence-corrected chi connectivity index (χ3v) is 4.46. The Balaban J connectivity index is 2.36. The summed E-state index contributed by atoms with van der Waals surface area (Å²) in [7, 11) is 0. The van der Waals surface area contributed by atoms with Gasteiger partial charge in [-0.05, 0) is 35.9 Å². The molecule has 0 saturated carbocycles. The average Bonchev–Trinajstić information content (AvgIpc) is 2.68. The molecule has 0 aliphatic heterocycles. The maximum absolute atomic E-state index is 13.7. The summed E-state index contributed by atoms with van der Waals surface area (Å²) in [5.74, 6) is -1.11. The van der Waals surface area contributed by atoms with Crippen LogP contribution in [0.4, 0.5) is 26.3 Å². The number of hydrogen-bond donors (Lipinski definition) is 1. The van der Waals surface area contributed by atoms with Crippen molar-refractivity contribution in [3.05, 3.63) is 99.2 Å². The SMILES string of the molecule is NC(=O)c1cccc(=O)n1[C@@H](c1ccc(C(F)(F)F)cc1)c1ncccc1C(F)(F)F. The zero-order valence-electron chi connectivity index (χ0n) is 15.4. The minimum atomic E-state index is -4.89. The van der Waals surface area contributed by atoms with Crippen molar-refractivity contribution in [3.63, 3.8) is 0 Å². The minimum Gasteiger partial charge on any atom is -0.364 e. The number of primary amides is 1. The number of pyridine rings is 2. The molecular formula is C20H13F6N3O2. The Bertz CT molecular complexity index is 1170. The summed E-state index contributed by atoms with van der Waals surface area (Å²) in [6, 6.07) is 6.54. The molecule has 0 radical (unpaired) electrons. The molecule has 31 heavy (non-hydrogen) atoms. The van der Waals surface area contributed by atoms with E-state index in [0.717, 1.165) is 42.6 Å². The van der Waals surface area contributed by atoms with Crippen molar-refractivity contribution >= 4 is 5.91 Å². The Morgan fingerprint density at radius 1 is 0.903 bits per heavy atom. The average molecular weight is 441 g/mol. The second-order valence-corrected chi connectivity index (χ2v) is 6.44. The van der Waals surface area contributed by atoms with Gasteiger partial charge in [-0.3, -0.25) is 19.1 Å². The lowest BCUT2D eigenvalue weighted by Gasteiger charge is -2.25. The van der Waals surface area contributed by atoms with Crippen LogP contribution in [0, 0.1) is 0 Å². The summed E-state index contributed by atoms with van der Waals surface area (Å²) in [6.45, 7) is 0. The first-order valence-corrected chi connectivity index (χ1v) is 8.62. The van der Waals surface area contributed by atoms with Crippen LogP contribution in [0.3, 0.4) is 0 Å². The molecule has 0 aliphatic carbocycles. The quantitative estimate of drug-likeness (QED) is 0.622. The topological polar surface area (TPSA) is 78.0 Å². The van der Waals surface area contributed by atoms with E-state index in [9.17, 15) is 35.9 Å². The monoisotopic (exact) mass is 441 g/mol. The van der Waals surface area contributed by atoms with Gasteiger partial charge in [0.15, 0.2) is 0 Å². The minimum absolute atomic E-state index is 0.131. The van der Waals surface area contributed by atoms with E-state index < -0.39 is 52.4 Å². The highest BCUT2D eigenvalue weighted by Gasteiger charge is 2.38. The van der Waals surface area contributed by atoms with E-state index >= 15 is 0 Å². The molecule has 2 heterocycles. The second-order valence-electron chi connectivity index (χ2n) is 6.44. The molecule has 0 unspecified atom stereocenters. The molecule has 11 heteroatoms. The number of alkyl halides is 6. The molecule has 0 fully saturated rings. The van der Waals surface area contributed by atoms with Gasteiger partial charge < -0.3 is 5.73 Å². The predicted octanol–water partition coefficient (Wildman–Crippen LogP) is 4.02. The van der Waals surface area contributed by atoms with Gasteiger partial charge in [-0.1, -0.05) is 18.2 Å². The van der Waals surface area contributed by atoms with Gasteiger partial charge in [0, 0.05) is 12.3 Å². The second kappa shape index (κ2) is 7.89. The normalized spacial score (nSPS) is 13.1. The van der Waals surface area contributed by atoms with Crippen LogP contribution >= 0.6 is 0 Å². The van der Waals surface area contributed by atoms with Gasteiger partial charge in [-0.15, -0.1) is 0 Å². The Labute approximate surface area is 170 Å². The molecule has 3 rings (SSSR count). The Kier molecular flexibility index (Phi) is 5.62. The molecule has 1 amide bonds. The Morgan fingerprint density at radius 3 is 2.10 bits per heavy atom. The van der Waals surface area contributed by atoms with Gasteiger partial charge in [0.25, 0.3) is 11.5 Å². The van der Waals surface area contributed by atoms with Crippen LogP contribution in [0.5, 0.6) is 0 Å². The van der Waals surface area contributed by atoms with E-state index in [2.05, 4.69) is 4.98 Å². The van der Waals surface area contributed by atoms with Crippen molar-refractivity contribution in [2.75, 3.05) is 0 Å². The third kappa shape index (κ3) is 4.44. The van der Waals surface area contributed by atoms with Crippen molar-refractivity contribution in [2.24, 2.45) is 5.73 Å². The fourth-order valence-corrected chi connectivity index (χ4v) is 3.13. The zero-order chi connectivity index (χ0) is 23.0. The number of carbonyl (C=O) groups is 1. The fourth-order valence-electron chi connectivity index (χ4n) is 3.13. The lowest BCUT2D eigenvalue weighted by atomic mass is 9.96. The number of carbonyl (C=O) groups excluding carboxylic acids is 1. The summed E-state index contributed by atoms with van der Waals surface area (Å²) in [5, 5.41) is 0. The molecule has 3 aromatic rings. The lowest BCUT2D eigenvalue weighted by Crippen LogP contribution is -2.34. The van der Waals surface area contributed by atoms with E-state index in [1.807, 2.05) is 0 Å². The summed E-state index contributed by atoms with van der Waals surface area (Å²) < 4.78 is 80.5. The van der Waals surface area contributed by atoms with Crippen molar-refractivity contribution in [1.29, 1.82) is 0 Å². The number of benzene rings is 1. The van der Waals surface area contributed by atoms with Crippen molar-refractivity contribution in [2.45, 2.75) is 18.4 Å². The van der Waals surface area contributed by atoms with Gasteiger partial charge in [0.05, 0.1) is 16.8 Å². The Hall–Kier alpha value is -3.63. The number of aromatic nitrogens is 2. The smallest absolute Gasteiger partial charge is 0.364 e. The van der Waals surface area contributed by atoms with Crippen LogP contribution in [0.1, 0.15) is 38.9 Å². The van der Waals surface area contributed by atoms with E-state index in [-0.39, 0.29) is 5.56 Å². The summed E-state index contributed by atoms with van der Waals surface area (Å²) >= 11 is 0. The first-order valence-electron chi connectivity index (χ1n) is 8.62. The molecule has 2 aromatic heterocycles.